The highest BCUT2D eigenvalue weighted by molar-refractivity contribution is 7.47. The second-order valence-electron chi connectivity index (χ2n) is 13.6. The summed E-state index contributed by atoms with van der Waals surface area (Å²) in [7, 11) is -4.27. The number of ether oxygens (including phenoxy) is 2. The number of nitrogens with two attached hydrogens (primary N) is 1. The number of rotatable bonds is 39. The molecule has 0 heterocycles. The average Bonchev–Trinajstić information content (AvgIpc) is 3.11. The van der Waals surface area contributed by atoms with Crippen molar-refractivity contribution >= 4 is 13.8 Å². The third kappa shape index (κ3) is 37.8. The van der Waals surface area contributed by atoms with E-state index in [2.05, 4.69) is 38.2 Å². The molecule has 3 N–H and O–H groups in total. The van der Waals surface area contributed by atoms with E-state index in [1.54, 1.807) is 6.26 Å². The summed E-state index contributed by atoms with van der Waals surface area (Å²) in [5.74, 6) is -0.302. The van der Waals surface area contributed by atoms with Crippen LogP contribution >= 0.6 is 7.82 Å². The minimum atomic E-state index is -4.27. The molecule has 1 unspecified atom stereocenters. The van der Waals surface area contributed by atoms with E-state index >= 15 is 0 Å². The van der Waals surface area contributed by atoms with Gasteiger partial charge in [-0.05, 0) is 76.7 Å². The molecule has 0 spiro atoms. The van der Waals surface area contributed by atoms with Crippen molar-refractivity contribution in [2.75, 3.05) is 26.4 Å². The second kappa shape index (κ2) is 38.8. The minimum absolute atomic E-state index is 0.0719. The van der Waals surface area contributed by atoms with Crippen LogP contribution in [0.3, 0.4) is 0 Å². The molecule has 0 aromatic heterocycles. The van der Waals surface area contributed by atoms with Crippen molar-refractivity contribution in [3.05, 3.63) is 36.6 Å². The molecule has 0 aromatic carbocycles. The predicted octanol–water partition coefficient (Wildman–Crippen LogP) is 12.2. The zero-order valence-corrected chi connectivity index (χ0v) is 33.3. The van der Waals surface area contributed by atoms with Gasteiger partial charge in [-0.25, -0.2) is 4.57 Å². The van der Waals surface area contributed by atoms with Crippen molar-refractivity contribution in [3.8, 4) is 0 Å². The summed E-state index contributed by atoms with van der Waals surface area (Å²) in [6.07, 6.45) is 44.0. The average molecular weight is 728 g/mol. The molecular formula is C41H78NO7P. The van der Waals surface area contributed by atoms with E-state index in [0.717, 1.165) is 51.4 Å². The molecule has 0 aliphatic carbocycles. The number of hydrogen-bond donors (Lipinski definition) is 2. The first-order valence-corrected chi connectivity index (χ1v) is 22.0. The fraction of sp³-hybridized carbons (Fsp3) is 0.829. The van der Waals surface area contributed by atoms with Crippen LogP contribution in [0, 0.1) is 0 Å². The maximum Gasteiger partial charge on any atom is 0.472 e. The summed E-state index contributed by atoms with van der Waals surface area (Å²) < 4.78 is 33.1. The Kier molecular flexibility index (Phi) is 37.7. The second-order valence-corrected chi connectivity index (χ2v) is 15.0. The first-order valence-electron chi connectivity index (χ1n) is 20.5. The Labute approximate surface area is 308 Å². The minimum Gasteiger partial charge on any atom is -0.492 e. The summed E-state index contributed by atoms with van der Waals surface area (Å²) >= 11 is 0. The van der Waals surface area contributed by atoms with Crippen LogP contribution < -0.4 is 5.73 Å². The van der Waals surface area contributed by atoms with E-state index in [1.807, 2.05) is 6.08 Å². The summed E-state index contributed by atoms with van der Waals surface area (Å²) in [6.45, 7) is 4.19. The Balaban J connectivity index is 4.14. The van der Waals surface area contributed by atoms with Crippen LogP contribution in [0.1, 0.15) is 187 Å². The number of carbonyl (C=O) groups is 1. The van der Waals surface area contributed by atoms with E-state index in [4.69, 9.17) is 24.3 Å². The Bertz CT molecular complexity index is 864. The lowest BCUT2D eigenvalue weighted by molar-refractivity contribution is -0.147. The van der Waals surface area contributed by atoms with Gasteiger partial charge in [-0.2, -0.15) is 0 Å². The van der Waals surface area contributed by atoms with Crippen LogP contribution in [-0.2, 0) is 27.9 Å². The van der Waals surface area contributed by atoms with Gasteiger partial charge in [-0.1, -0.05) is 134 Å². The summed E-state index contributed by atoms with van der Waals surface area (Å²) in [4.78, 5) is 22.2. The maximum atomic E-state index is 12.4. The topological polar surface area (TPSA) is 117 Å². The van der Waals surface area contributed by atoms with Crippen molar-refractivity contribution in [3.63, 3.8) is 0 Å². The van der Waals surface area contributed by atoms with Crippen LogP contribution in [0.5, 0.6) is 0 Å². The lowest BCUT2D eigenvalue weighted by atomic mass is 10.1. The molecule has 50 heavy (non-hydrogen) atoms. The molecule has 8 nitrogen and oxygen atoms in total. The fourth-order valence-electron chi connectivity index (χ4n) is 5.50. The van der Waals surface area contributed by atoms with E-state index in [0.29, 0.717) is 6.42 Å². The Morgan fingerprint density at radius 3 is 1.48 bits per heavy atom. The number of allylic oxidation sites excluding steroid dienone is 5. The van der Waals surface area contributed by atoms with E-state index in [1.165, 1.54) is 116 Å². The van der Waals surface area contributed by atoms with Gasteiger partial charge in [0.25, 0.3) is 0 Å². The fourth-order valence-corrected chi connectivity index (χ4v) is 6.26. The zero-order chi connectivity index (χ0) is 36.6. The van der Waals surface area contributed by atoms with Gasteiger partial charge in [0, 0.05) is 13.0 Å². The number of esters is 1. The molecule has 2 atom stereocenters. The molecule has 0 fully saturated rings. The SMILES string of the molecule is CCCCCCCC/C=C\CCCCCC/C=C\O[C@H](COC(=O)CCCCCCC/C=C\CCCCCCCC)COP(=O)(O)OCCN. The number of phosphoric acid groups is 1. The standard InChI is InChI=1S/C41H78NO7P/c1-3-5-7-9-11-13-15-17-19-21-23-25-27-29-31-33-36-46-40(39-49-50(44,45)48-37-35-42)38-47-41(43)34-32-30-28-26-24-22-20-18-16-14-12-10-8-6-4-2/h17-20,33,36,40H,3-16,21-32,34-35,37-39,42H2,1-2H3,(H,44,45)/b19-17-,20-18-,36-33-/t40-/m1/s1. The van der Waals surface area contributed by atoms with Gasteiger partial charge in [0.1, 0.15) is 6.61 Å². The lowest BCUT2D eigenvalue weighted by Crippen LogP contribution is -2.25. The van der Waals surface area contributed by atoms with Gasteiger partial charge in [0.15, 0.2) is 6.10 Å². The molecule has 0 aromatic rings. The largest absolute Gasteiger partial charge is 0.492 e. The highest BCUT2D eigenvalue weighted by atomic mass is 31.2. The molecular weight excluding hydrogens is 649 g/mol. The Hall–Kier alpha value is -1.44. The molecule has 0 saturated carbocycles. The summed E-state index contributed by atoms with van der Waals surface area (Å²) in [6, 6.07) is 0. The van der Waals surface area contributed by atoms with Crippen molar-refractivity contribution in [2.45, 2.75) is 193 Å². The number of hydrogen-bond acceptors (Lipinski definition) is 7. The summed E-state index contributed by atoms with van der Waals surface area (Å²) in [5, 5.41) is 0. The van der Waals surface area contributed by atoms with Crippen molar-refractivity contribution < 1.29 is 32.8 Å². The molecule has 0 amide bonds. The van der Waals surface area contributed by atoms with Crippen LogP contribution in [0.25, 0.3) is 0 Å². The highest BCUT2D eigenvalue weighted by Crippen LogP contribution is 2.43. The number of carbonyl (C=O) groups excluding carboxylic acids is 1. The lowest BCUT2D eigenvalue weighted by Gasteiger charge is -2.19. The monoisotopic (exact) mass is 728 g/mol. The summed E-state index contributed by atoms with van der Waals surface area (Å²) in [5.41, 5.74) is 5.36. The molecule has 294 valence electrons. The molecule has 0 aliphatic rings. The third-order valence-corrected chi connectivity index (χ3v) is 9.60. The van der Waals surface area contributed by atoms with Crippen molar-refractivity contribution in [2.24, 2.45) is 5.73 Å². The normalized spacial score (nSPS) is 13.8. The zero-order valence-electron chi connectivity index (χ0n) is 32.4. The Morgan fingerprint density at radius 1 is 0.600 bits per heavy atom. The third-order valence-electron chi connectivity index (χ3n) is 8.62. The molecule has 0 bridgehead atoms. The van der Waals surface area contributed by atoms with E-state index < -0.39 is 13.9 Å². The first-order chi connectivity index (χ1) is 24.4. The molecule has 0 saturated heterocycles. The van der Waals surface area contributed by atoms with Gasteiger partial charge in [0.05, 0.1) is 19.5 Å². The van der Waals surface area contributed by atoms with Crippen LogP contribution in [0.4, 0.5) is 0 Å². The first kappa shape index (κ1) is 48.6. The number of unbranched alkanes of at least 4 members (excludes halogenated alkanes) is 22. The van der Waals surface area contributed by atoms with Gasteiger partial charge in [-0.3, -0.25) is 13.8 Å². The van der Waals surface area contributed by atoms with Crippen molar-refractivity contribution in [1.29, 1.82) is 0 Å². The van der Waals surface area contributed by atoms with Crippen LogP contribution in [0.15, 0.2) is 36.6 Å². The van der Waals surface area contributed by atoms with E-state index in [9.17, 15) is 14.3 Å². The molecule has 0 radical (unpaired) electrons. The van der Waals surface area contributed by atoms with E-state index in [-0.39, 0.29) is 32.3 Å². The van der Waals surface area contributed by atoms with Gasteiger partial charge >= 0.3 is 13.8 Å². The quantitative estimate of drug-likeness (QED) is 0.0211. The van der Waals surface area contributed by atoms with Gasteiger partial charge in [0.2, 0.25) is 0 Å². The van der Waals surface area contributed by atoms with Gasteiger partial charge < -0.3 is 20.1 Å². The van der Waals surface area contributed by atoms with Crippen LogP contribution in [0.2, 0.25) is 0 Å². The molecule has 0 rings (SSSR count). The predicted molar refractivity (Wildman–Crippen MR) is 210 cm³/mol. The molecule has 9 heteroatoms. The molecule has 0 aliphatic heterocycles. The van der Waals surface area contributed by atoms with Crippen molar-refractivity contribution in [1.82, 2.24) is 0 Å². The van der Waals surface area contributed by atoms with Gasteiger partial charge in [-0.15, -0.1) is 0 Å². The smallest absolute Gasteiger partial charge is 0.472 e. The Morgan fingerprint density at radius 2 is 1.02 bits per heavy atom. The highest BCUT2D eigenvalue weighted by Gasteiger charge is 2.24. The van der Waals surface area contributed by atoms with Crippen LogP contribution in [-0.4, -0.2) is 43.3 Å². The maximum absolute atomic E-state index is 12.4. The number of phosphoric ester groups is 1.